The van der Waals surface area contributed by atoms with Crippen LogP contribution in [0.25, 0.3) is 0 Å². The molecule has 4 nitrogen and oxygen atoms in total. The van der Waals surface area contributed by atoms with Gasteiger partial charge in [0.1, 0.15) is 11.1 Å². The molecular formula is C13H23N3OS. The second kappa shape index (κ2) is 6.61. The number of morpholine rings is 1. The average Bonchev–Trinajstić information content (AvgIpc) is 2.79. The highest BCUT2D eigenvalue weighted by Crippen LogP contribution is 2.28. The standard InChI is InChI=1S/C13H23N3OS/c1-4-10-12(8-14-5-2)18-13(15-10)11-9-16(3)6-7-17-11/h11,14H,4-9H2,1-3H3. The van der Waals surface area contributed by atoms with Crippen molar-refractivity contribution in [2.75, 3.05) is 33.3 Å². The lowest BCUT2D eigenvalue weighted by Gasteiger charge is -2.28. The molecule has 18 heavy (non-hydrogen) atoms. The molecule has 0 amide bonds. The number of aromatic nitrogens is 1. The maximum atomic E-state index is 5.84. The molecule has 5 heteroatoms. The maximum absolute atomic E-state index is 5.84. The molecule has 1 fully saturated rings. The first-order valence-electron chi connectivity index (χ1n) is 6.73. The van der Waals surface area contributed by atoms with Crippen molar-refractivity contribution in [1.82, 2.24) is 15.2 Å². The molecule has 1 N–H and O–H groups in total. The van der Waals surface area contributed by atoms with Crippen LogP contribution in [-0.4, -0.2) is 43.2 Å². The molecule has 1 aliphatic heterocycles. The zero-order valence-corrected chi connectivity index (χ0v) is 12.3. The van der Waals surface area contributed by atoms with Gasteiger partial charge in [-0.05, 0) is 20.0 Å². The van der Waals surface area contributed by atoms with Gasteiger partial charge < -0.3 is 15.0 Å². The molecule has 102 valence electrons. The van der Waals surface area contributed by atoms with E-state index in [1.54, 1.807) is 0 Å². The third kappa shape index (κ3) is 3.29. The lowest BCUT2D eigenvalue weighted by molar-refractivity contribution is -0.0210. The van der Waals surface area contributed by atoms with Crippen LogP contribution in [0.2, 0.25) is 0 Å². The Bertz CT molecular complexity index is 380. The van der Waals surface area contributed by atoms with E-state index in [1.807, 2.05) is 11.3 Å². The van der Waals surface area contributed by atoms with Gasteiger partial charge in [-0.15, -0.1) is 11.3 Å². The van der Waals surface area contributed by atoms with Gasteiger partial charge in [0, 0.05) is 24.5 Å². The summed E-state index contributed by atoms with van der Waals surface area (Å²) in [5.41, 5.74) is 1.23. The molecule has 0 bridgehead atoms. The second-order valence-electron chi connectivity index (χ2n) is 4.68. The van der Waals surface area contributed by atoms with Crippen molar-refractivity contribution < 1.29 is 4.74 Å². The van der Waals surface area contributed by atoms with Gasteiger partial charge in [-0.25, -0.2) is 4.98 Å². The van der Waals surface area contributed by atoms with E-state index in [4.69, 9.17) is 9.72 Å². The van der Waals surface area contributed by atoms with Gasteiger partial charge in [-0.1, -0.05) is 13.8 Å². The largest absolute Gasteiger partial charge is 0.368 e. The number of nitrogens with one attached hydrogen (secondary N) is 1. The van der Waals surface area contributed by atoms with E-state index in [1.165, 1.54) is 10.6 Å². The van der Waals surface area contributed by atoms with Crippen LogP contribution >= 0.6 is 11.3 Å². The summed E-state index contributed by atoms with van der Waals surface area (Å²) in [6.07, 6.45) is 1.16. The number of thiazole rings is 1. The summed E-state index contributed by atoms with van der Waals surface area (Å²) in [5, 5.41) is 4.53. The molecule has 1 aromatic heterocycles. The molecule has 1 atom stereocenters. The van der Waals surface area contributed by atoms with E-state index in [9.17, 15) is 0 Å². The molecule has 0 spiro atoms. The molecule has 1 aromatic rings. The number of likely N-dealkylation sites (N-methyl/N-ethyl adjacent to an activating group) is 1. The molecule has 2 rings (SSSR count). The van der Waals surface area contributed by atoms with Crippen molar-refractivity contribution in [3.63, 3.8) is 0 Å². The first kappa shape index (κ1) is 13.9. The van der Waals surface area contributed by atoms with E-state index in [2.05, 4.69) is 31.1 Å². The molecular weight excluding hydrogens is 246 g/mol. The van der Waals surface area contributed by atoms with Gasteiger partial charge in [0.2, 0.25) is 0 Å². The van der Waals surface area contributed by atoms with Gasteiger partial charge in [0.15, 0.2) is 0 Å². The summed E-state index contributed by atoms with van der Waals surface area (Å²) in [6.45, 7) is 9.02. The van der Waals surface area contributed by atoms with Crippen molar-refractivity contribution in [3.05, 3.63) is 15.6 Å². The summed E-state index contributed by atoms with van der Waals surface area (Å²) < 4.78 is 5.84. The molecule has 2 heterocycles. The predicted molar refractivity (Wildman–Crippen MR) is 75.1 cm³/mol. The highest BCUT2D eigenvalue weighted by Gasteiger charge is 2.23. The van der Waals surface area contributed by atoms with Crippen LogP contribution in [0.15, 0.2) is 0 Å². The minimum atomic E-state index is 0.162. The summed E-state index contributed by atoms with van der Waals surface area (Å²) in [5.74, 6) is 0. The monoisotopic (exact) mass is 269 g/mol. The smallest absolute Gasteiger partial charge is 0.123 e. The number of hydrogen-bond donors (Lipinski definition) is 1. The summed E-state index contributed by atoms with van der Waals surface area (Å²) in [4.78, 5) is 8.44. The van der Waals surface area contributed by atoms with E-state index in [-0.39, 0.29) is 6.10 Å². The number of nitrogens with zero attached hydrogens (tertiary/aromatic N) is 2. The van der Waals surface area contributed by atoms with Crippen LogP contribution in [0.1, 0.15) is 35.5 Å². The fraction of sp³-hybridized carbons (Fsp3) is 0.769. The summed E-state index contributed by atoms with van der Waals surface area (Å²) in [7, 11) is 2.14. The Morgan fingerprint density at radius 3 is 3.00 bits per heavy atom. The minimum absolute atomic E-state index is 0.162. The quantitative estimate of drug-likeness (QED) is 0.885. The second-order valence-corrected chi connectivity index (χ2v) is 5.79. The van der Waals surface area contributed by atoms with Crippen LogP contribution in [-0.2, 0) is 17.7 Å². The lowest BCUT2D eigenvalue weighted by Crippen LogP contribution is -2.35. The van der Waals surface area contributed by atoms with E-state index in [0.717, 1.165) is 44.2 Å². The number of ether oxygens (including phenoxy) is 1. The Morgan fingerprint density at radius 1 is 1.50 bits per heavy atom. The molecule has 1 saturated heterocycles. The number of aryl methyl sites for hydroxylation is 1. The van der Waals surface area contributed by atoms with Crippen molar-refractivity contribution >= 4 is 11.3 Å². The van der Waals surface area contributed by atoms with Crippen molar-refractivity contribution in [2.24, 2.45) is 0 Å². The zero-order chi connectivity index (χ0) is 13.0. The van der Waals surface area contributed by atoms with Gasteiger partial charge in [-0.2, -0.15) is 0 Å². The zero-order valence-electron chi connectivity index (χ0n) is 11.5. The molecule has 0 radical (unpaired) electrons. The Hall–Kier alpha value is -0.490. The van der Waals surface area contributed by atoms with Crippen molar-refractivity contribution in [2.45, 2.75) is 32.9 Å². The SMILES string of the molecule is CCNCc1sc(C2CN(C)CCO2)nc1CC. The van der Waals surface area contributed by atoms with E-state index in [0.29, 0.717) is 0 Å². The van der Waals surface area contributed by atoms with Gasteiger partial charge in [0.25, 0.3) is 0 Å². The van der Waals surface area contributed by atoms with E-state index < -0.39 is 0 Å². The summed E-state index contributed by atoms with van der Waals surface area (Å²) in [6, 6.07) is 0. The third-order valence-corrected chi connectivity index (χ3v) is 4.40. The summed E-state index contributed by atoms with van der Waals surface area (Å²) >= 11 is 1.81. The average molecular weight is 269 g/mol. The van der Waals surface area contributed by atoms with Crippen molar-refractivity contribution in [3.8, 4) is 0 Å². The predicted octanol–water partition coefficient (Wildman–Crippen LogP) is 1.82. The molecule has 0 aromatic carbocycles. The molecule has 0 aliphatic carbocycles. The van der Waals surface area contributed by atoms with Crippen molar-refractivity contribution in [1.29, 1.82) is 0 Å². The lowest BCUT2D eigenvalue weighted by atomic mass is 10.2. The Morgan fingerprint density at radius 2 is 2.33 bits per heavy atom. The van der Waals surface area contributed by atoms with Crippen LogP contribution < -0.4 is 5.32 Å². The van der Waals surface area contributed by atoms with E-state index >= 15 is 0 Å². The molecule has 0 saturated carbocycles. The Kier molecular flexibility index (Phi) is 5.12. The molecule has 1 aliphatic rings. The first-order valence-corrected chi connectivity index (χ1v) is 7.55. The fourth-order valence-corrected chi connectivity index (χ4v) is 3.29. The number of rotatable bonds is 5. The number of hydrogen-bond acceptors (Lipinski definition) is 5. The van der Waals surface area contributed by atoms with Crippen LogP contribution in [0, 0.1) is 0 Å². The fourth-order valence-electron chi connectivity index (χ4n) is 2.12. The minimum Gasteiger partial charge on any atom is -0.368 e. The van der Waals surface area contributed by atoms with Crippen LogP contribution in [0.4, 0.5) is 0 Å². The van der Waals surface area contributed by atoms with Crippen LogP contribution in [0.5, 0.6) is 0 Å². The first-order chi connectivity index (χ1) is 8.74. The van der Waals surface area contributed by atoms with Crippen LogP contribution in [0.3, 0.4) is 0 Å². The Labute approximate surface area is 113 Å². The Balaban J connectivity index is 2.10. The highest BCUT2D eigenvalue weighted by molar-refractivity contribution is 7.11. The van der Waals surface area contributed by atoms with Gasteiger partial charge in [-0.3, -0.25) is 0 Å². The maximum Gasteiger partial charge on any atom is 0.123 e. The topological polar surface area (TPSA) is 37.4 Å². The molecule has 1 unspecified atom stereocenters. The highest BCUT2D eigenvalue weighted by atomic mass is 32.1. The normalized spacial score (nSPS) is 21.4. The van der Waals surface area contributed by atoms with Gasteiger partial charge in [0.05, 0.1) is 12.3 Å². The third-order valence-electron chi connectivity index (χ3n) is 3.21. The van der Waals surface area contributed by atoms with Gasteiger partial charge >= 0.3 is 0 Å².